The average Bonchev–Trinajstić information content (AvgIpc) is 2.81. The molecule has 5 heteroatoms. The third-order valence-corrected chi connectivity index (χ3v) is 2.61. The van der Waals surface area contributed by atoms with Gasteiger partial charge >= 0.3 is 5.97 Å². The predicted octanol–water partition coefficient (Wildman–Crippen LogP) is 1.97. The monoisotopic (exact) mass is 246 g/mol. The molecular weight excluding hydrogens is 232 g/mol. The van der Waals surface area contributed by atoms with Gasteiger partial charge < -0.3 is 14.4 Å². The fourth-order valence-corrected chi connectivity index (χ4v) is 1.65. The zero-order valence-electron chi connectivity index (χ0n) is 10.0. The zero-order valence-corrected chi connectivity index (χ0v) is 10.0. The predicted molar refractivity (Wildman–Crippen MR) is 65.9 cm³/mol. The molecule has 0 amide bonds. The Hall–Kier alpha value is -2.30. The van der Waals surface area contributed by atoms with E-state index in [2.05, 4.69) is 4.98 Å². The Morgan fingerprint density at radius 3 is 2.94 bits per heavy atom. The van der Waals surface area contributed by atoms with Crippen molar-refractivity contribution in [2.24, 2.45) is 0 Å². The van der Waals surface area contributed by atoms with Crippen LogP contribution in [0, 0.1) is 6.92 Å². The molecule has 0 saturated heterocycles. The van der Waals surface area contributed by atoms with Crippen LogP contribution in [-0.4, -0.2) is 27.2 Å². The molecule has 0 saturated carbocycles. The third kappa shape index (κ3) is 2.88. The maximum absolute atomic E-state index is 10.9. The molecule has 0 atom stereocenters. The Kier molecular flexibility index (Phi) is 3.62. The van der Waals surface area contributed by atoms with Crippen molar-refractivity contribution in [2.75, 3.05) is 6.61 Å². The van der Waals surface area contributed by atoms with E-state index >= 15 is 0 Å². The Balaban J connectivity index is 1.94. The highest BCUT2D eigenvalue weighted by Crippen LogP contribution is 2.17. The van der Waals surface area contributed by atoms with Crippen molar-refractivity contribution < 1.29 is 14.6 Å². The summed E-state index contributed by atoms with van der Waals surface area (Å²) in [5.74, 6) is -0.241. The van der Waals surface area contributed by atoms with Gasteiger partial charge in [-0.25, -0.2) is 9.78 Å². The molecule has 2 rings (SSSR count). The standard InChI is InChI=1S/C13H14N2O3/c1-10-8-11(2-3-12(10)13(16)17)18-7-6-15-5-4-14-9-15/h2-5,8-9H,6-7H2,1H3,(H,16,17). The van der Waals surface area contributed by atoms with E-state index < -0.39 is 5.97 Å². The molecule has 1 heterocycles. The Labute approximate surface area is 105 Å². The van der Waals surface area contributed by atoms with E-state index in [1.165, 1.54) is 0 Å². The van der Waals surface area contributed by atoms with Gasteiger partial charge in [0.1, 0.15) is 12.4 Å². The fraction of sp³-hybridized carbons (Fsp3) is 0.231. The van der Waals surface area contributed by atoms with Crippen molar-refractivity contribution in [3.05, 3.63) is 48.0 Å². The first-order valence-electron chi connectivity index (χ1n) is 5.59. The quantitative estimate of drug-likeness (QED) is 0.876. The van der Waals surface area contributed by atoms with Crippen LogP contribution in [0.2, 0.25) is 0 Å². The summed E-state index contributed by atoms with van der Waals surface area (Å²) in [4.78, 5) is 14.8. The lowest BCUT2D eigenvalue weighted by Crippen LogP contribution is -2.07. The summed E-state index contributed by atoms with van der Waals surface area (Å²) < 4.78 is 7.47. The number of nitrogens with zero attached hydrogens (tertiary/aromatic N) is 2. The summed E-state index contributed by atoms with van der Waals surface area (Å²) in [5.41, 5.74) is 1.000. The number of ether oxygens (including phenoxy) is 1. The second kappa shape index (κ2) is 5.35. The summed E-state index contributed by atoms with van der Waals surface area (Å²) in [6.07, 6.45) is 5.30. The van der Waals surface area contributed by atoms with Crippen molar-refractivity contribution in [3.8, 4) is 5.75 Å². The van der Waals surface area contributed by atoms with Crippen LogP contribution < -0.4 is 4.74 Å². The summed E-state index contributed by atoms with van der Waals surface area (Å²) >= 11 is 0. The molecule has 0 radical (unpaired) electrons. The highest BCUT2D eigenvalue weighted by Gasteiger charge is 2.07. The first-order chi connectivity index (χ1) is 8.66. The molecule has 0 aliphatic rings. The van der Waals surface area contributed by atoms with Crippen LogP contribution in [0.25, 0.3) is 0 Å². The highest BCUT2D eigenvalue weighted by atomic mass is 16.5. The molecule has 0 spiro atoms. The highest BCUT2D eigenvalue weighted by molar-refractivity contribution is 5.89. The minimum absolute atomic E-state index is 0.303. The summed E-state index contributed by atoms with van der Waals surface area (Å²) in [6, 6.07) is 4.96. The van der Waals surface area contributed by atoms with Crippen molar-refractivity contribution in [2.45, 2.75) is 13.5 Å². The normalized spacial score (nSPS) is 10.3. The number of hydrogen-bond donors (Lipinski definition) is 1. The van der Waals surface area contributed by atoms with Gasteiger partial charge in [-0.05, 0) is 30.7 Å². The summed E-state index contributed by atoms with van der Waals surface area (Å²) in [7, 11) is 0. The molecule has 5 nitrogen and oxygen atoms in total. The Morgan fingerprint density at radius 1 is 1.50 bits per heavy atom. The van der Waals surface area contributed by atoms with Crippen LogP contribution in [0.15, 0.2) is 36.9 Å². The SMILES string of the molecule is Cc1cc(OCCn2ccnc2)ccc1C(=O)O. The number of carboxylic acids is 1. The van der Waals surface area contributed by atoms with E-state index in [1.54, 1.807) is 37.6 Å². The van der Waals surface area contributed by atoms with Crippen molar-refractivity contribution in [1.82, 2.24) is 9.55 Å². The lowest BCUT2D eigenvalue weighted by molar-refractivity contribution is 0.0696. The number of carboxylic acid groups (broad SMARTS) is 1. The van der Waals surface area contributed by atoms with Crippen LogP contribution in [-0.2, 0) is 6.54 Å². The van der Waals surface area contributed by atoms with Crippen molar-refractivity contribution >= 4 is 5.97 Å². The van der Waals surface area contributed by atoms with Crippen molar-refractivity contribution in [1.29, 1.82) is 0 Å². The van der Waals surface area contributed by atoms with Crippen LogP contribution in [0.5, 0.6) is 5.75 Å². The topological polar surface area (TPSA) is 64.4 Å². The number of imidazole rings is 1. The zero-order chi connectivity index (χ0) is 13.0. The second-order valence-corrected chi connectivity index (χ2v) is 3.93. The molecule has 0 aliphatic heterocycles. The number of aryl methyl sites for hydroxylation is 1. The lowest BCUT2D eigenvalue weighted by Gasteiger charge is -2.08. The van der Waals surface area contributed by atoms with Gasteiger partial charge in [0.25, 0.3) is 0 Å². The molecular formula is C13H14N2O3. The number of aromatic carboxylic acids is 1. The van der Waals surface area contributed by atoms with Crippen LogP contribution >= 0.6 is 0 Å². The van der Waals surface area contributed by atoms with Gasteiger partial charge in [0.05, 0.1) is 18.4 Å². The maximum atomic E-state index is 10.9. The minimum Gasteiger partial charge on any atom is -0.492 e. The average molecular weight is 246 g/mol. The molecule has 1 aromatic carbocycles. The lowest BCUT2D eigenvalue weighted by atomic mass is 10.1. The van der Waals surface area contributed by atoms with Gasteiger partial charge in [-0.3, -0.25) is 0 Å². The molecule has 94 valence electrons. The van der Waals surface area contributed by atoms with Crippen LogP contribution in [0.3, 0.4) is 0 Å². The molecule has 18 heavy (non-hydrogen) atoms. The molecule has 2 aromatic rings. The number of hydrogen-bond acceptors (Lipinski definition) is 3. The molecule has 0 aliphatic carbocycles. The first-order valence-corrected chi connectivity index (χ1v) is 5.59. The van der Waals surface area contributed by atoms with E-state index in [4.69, 9.17) is 9.84 Å². The van der Waals surface area contributed by atoms with Gasteiger partial charge in [0.15, 0.2) is 0 Å². The molecule has 1 N–H and O–H groups in total. The van der Waals surface area contributed by atoms with Gasteiger partial charge in [-0.2, -0.15) is 0 Å². The Morgan fingerprint density at radius 2 is 2.33 bits per heavy atom. The fourth-order valence-electron chi connectivity index (χ4n) is 1.65. The Bertz CT molecular complexity index is 535. The third-order valence-electron chi connectivity index (χ3n) is 2.61. The molecule has 0 fully saturated rings. The summed E-state index contributed by atoms with van der Waals surface area (Å²) in [6.45, 7) is 2.98. The molecule has 0 bridgehead atoms. The number of carbonyl (C=O) groups is 1. The van der Waals surface area contributed by atoms with Gasteiger partial charge in [0, 0.05) is 12.4 Å². The number of rotatable bonds is 5. The first kappa shape index (κ1) is 12.2. The smallest absolute Gasteiger partial charge is 0.335 e. The van der Waals surface area contributed by atoms with Gasteiger partial charge in [-0.15, -0.1) is 0 Å². The van der Waals surface area contributed by atoms with Gasteiger partial charge in [0.2, 0.25) is 0 Å². The molecule has 0 unspecified atom stereocenters. The van der Waals surface area contributed by atoms with Crippen molar-refractivity contribution in [3.63, 3.8) is 0 Å². The van der Waals surface area contributed by atoms with Gasteiger partial charge in [-0.1, -0.05) is 0 Å². The number of aromatic nitrogens is 2. The van der Waals surface area contributed by atoms with E-state index in [0.29, 0.717) is 30.0 Å². The van der Waals surface area contributed by atoms with E-state index in [0.717, 1.165) is 0 Å². The van der Waals surface area contributed by atoms with E-state index in [9.17, 15) is 4.79 Å². The number of benzene rings is 1. The maximum Gasteiger partial charge on any atom is 0.335 e. The van der Waals surface area contributed by atoms with Crippen LogP contribution in [0.1, 0.15) is 15.9 Å². The van der Waals surface area contributed by atoms with E-state index in [1.807, 2.05) is 10.8 Å². The van der Waals surface area contributed by atoms with Crippen LogP contribution in [0.4, 0.5) is 0 Å². The largest absolute Gasteiger partial charge is 0.492 e. The van der Waals surface area contributed by atoms with E-state index in [-0.39, 0.29) is 0 Å². The second-order valence-electron chi connectivity index (χ2n) is 3.93. The summed E-state index contributed by atoms with van der Waals surface area (Å²) in [5, 5.41) is 8.91. The minimum atomic E-state index is -0.919. The molecule has 1 aromatic heterocycles.